The van der Waals surface area contributed by atoms with Gasteiger partial charge in [0.1, 0.15) is 0 Å². The summed E-state index contributed by atoms with van der Waals surface area (Å²) in [5.41, 5.74) is 0. The molecule has 0 aliphatic heterocycles. The summed E-state index contributed by atoms with van der Waals surface area (Å²) in [5.74, 6) is 1.77. The van der Waals surface area contributed by atoms with Gasteiger partial charge in [-0.25, -0.2) is 0 Å². The Morgan fingerprint density at radius 3 is 2.67 bits per heavy atom. The van der Waals surface area contributed by atoms with Crippen LogP contribution < -0.4 is 0 Å². The van der Waals surface area contributed by atoms with Crippen LogP contribution >= 0.6 is 24.0 Å². The van der Waals surface area contributed by atoms with Crippen molar-refractivity contribution in [2.24, 2.45) is 5.92 Å². The molecule has 0 saturated carbocycles. The van der Waals surface area contributed by atoms with Crippen molar-refractivity contribution in [1.82, 2.24) is 0 Å². The summed E-state index contributed by atoms with van der Waals surface area (Å²) >= 11 is 6.65. The van der Waals surface area contributed by atoms with Crippen molar-refractivity contribution in [1.29, 1.82) is 0 Å². The Balaban J connectivity index is 3.20. The molecule has 12 heavy (non-hydrogen) atoms. The van der Waals surface area contributed by atoms with E-state index in [0.717, 1.165) is 25.2 Å². The predicted molar refractivity (Wildman–Crippen MR) is 60.8 cm³/mol. The van der Waals surface area contributed by atoms with Gasteiger partial charge in [-0.3, -0.25) is 0 Å². The van der Waals surface area contributed by atoms with E-state index in [-0.39, 0.29) is 0 Å². The lowest BCUT2D eigenvalue weighted by Crippen LogP contribution is -2.02. The second-order valence-electron chi connectivity index (χ2n) is 3.13. The zero-order valence-electron chi connectivity index (χ0n) is 8.13. The highest BCUT2D eigenvalue weighted by Gasteiger charge is 1.98. The number of ether oxygens (including phenoxy) is 1. The first-order valence-corrected chi connectivity index (χ1v) is 5.85. The molecule has 0 radical (unpaired) electrons. The van der Waals surface area contributed by atoms with E-state index in [9.17, 15) is 0 Å². The van der Waals surface area contributed by atoms with E-state index < -0.39 is 0 Å². The van der Waals surface area contributed by atoms with E-state index in [1.54, 1.807) is 11.8 Å². The lowest BCUT2D eigenvalue weighted by molar-refractivity contribution is 0.292. The summed E-state index contributed by atoms with van der Waals surface area (Å²) in [4.78, 5) is 0. The average Bonchev–Trinajstić information content (AvgIpc) is 2.00. The number of thioether (sulfide) groups is 1. The Morgan fingerprint density at radius 2 is 2.17 bits per heavy atom. The molecule has 0 aromatic carbocycles. The molecule has 0 amide bonds. The molecular weight excluding hydrogens is 188 g/mol. The number of hydrogen-bond donors (Lipinski definition) is 0. The quantitative estimate of drug-likeness (QED) is 0.637. The maximum absolute atomic E-state index is 5.35. The number of thiocarbonyl (C=S) groups is 1. The fourth-order valence-corrected chi connectivity index (χ4v) is 1.48. The molecule has 0 unspecified atom stereocenters. The van der Waals surface area contributed by atoms with Crippen LogP contribution in [0.3, 0.4) is 0 Å². The van der Waals surface area contributed by atoms with E-state index in [1.165, 1.54) is 0 Å². The van der Waals surface area contributed by atoms with Gasteiger partial charge < -0.3 is 4.74 Å². The summed E-state index contributed by atoms with van der Waals surface area (Å²) in [6, 6.07) is 0. The van der Waals surface area contributed by atoms with Gasteiger partial charge in [0, 0.05) is 5.75 Å². The minimum atomic E-state index is 0.698. The summed E-state index contributed by atoms with van der Waals surface area (Å²) < 4.78 is 6.06. The Hall–Kier alpha value is 0.240. The van der Waals surface area contributed by atoms with Crippen LogP contribution in [0.2, 0.25) is 0 Å². The number of hydrogen-bond acceptors (Lipinski definition) is 3. The topological polar surface area (TPSA) is 9.23 Å². The molecule has 0 saturated heterocycles. The van der Waals surface area contributed by atoms with Crippen LogP contribution in [0.1, 0.15) is 33.6 Å². The summed E-state index contributed by atoms with van der Waals surface area (Å²) in [5, 5.41) is 0. The van der Waals surface area contributed by atoms with E-state index in [4.69, 9.17) is 17.0 Å². The summed E-state index contributed by atoms with van der Waals surface area (Å²) in [7, 11) is 0. The third kappa shape index (κ3) is 8.34. The zero-order chi connectivity index (χ0) is 9.40. The van der Waals surface area contributed by atoms with Gasteiger partial charge in [0.15, 0.2) is 0 Å². The average molecular weight is 206 g/mol. The van der Waals surface area contributed by atoms with Crippen molar-refractivity contribution in [3.05, 3.63) is 0 Å². The van der Waals surface area contributed by atoms with Crippen molar-refractivity contribution in [2.45, 2.75) is 33.6 Å². The van der Waals surface area contributed by atoms with Crippen LogP contribution in [0.5, 0.6) is 0 Å². The first-order chi connectivity index (χ1) is 5.66. The van der Waals surface area contributed by atoms with Crippen LogP contribution in [0.15, 0.2) is 0 Å². The minimum absolute atomic E-state index is 0.698. The summed E-state index contributed by atoms with van der Waals surface area (Å²) in [6.45, 7) is 7.29. The maximum atomic E-state index is 5.35. The van der Waals surface area contributed by atoms with Crippen LogP contribution in [0, 0.1) is 5.92 Å². The lowest BCUT2D eigenvalue weighted by Gasteiger charge is -2.07. The third-order valence-electron chi connectivity index (χ3n) is 1.34. The van der Waals surface area contributed by atoms with Gasteiger partial charge in [-0.05, 0) is 31.0 Å². The van der Waals surface area contributed by atoms with Crippen LogP contribution in [-0.2, 0) is 4.74 Å². The van der Waals surface area contributed by atoms with Gasteiger partial charge in [0.05, 0.1) is 6.61 Å². The molecule has 0 aliphatic carbocycles. The molecule has 0 rings (SSSR count). The lowest BCUT2D eigenvalue weighted by atomic mass is 10.1. The molecule has 72 valence electrons. The van der Waals surface area contributed by atoms with E-state index >= 15 is 0 Å². The largest absolute Gasteiger partial charge is 0.479 e. The number of rotatable bonds is 5. The molecule has 3 heteroatoms. The predicted octanol–water partition coefficient (Wildman–Crippen LogP) is 3.48. The van der Waals surface area contributed by atoms with E-state index in [0.29, 0.717) is 10.3 Å². The van der Waals surface area contributed by atoms with Crippen LogP contribution in [-0.4, -0.2) is 16.7 Å². The van der Waals surface area contributed by atoms with E-state index in [2.05, 4.69) is 20.8 Å². The fraction of sp³-hybridized carbons (Fsp3) is 0.889. The van der Waals surface area contributed by atoms with Crippen molar-refractivity contribution in [2.75, 3.05) is 12.4 Å². The second kappa shape index (κ2) is 7.87. The first kappa shape index (κ1) is 12.2. The molecule has 0 N–H and O–H groups in total. The standard InChI is InChI=1S/C9H18OS2/c1-4-7-12-9(11)10-6-5-8(2)3/h8H,4-7H2,1-3H3. The SMILES string of the molecule is CCCSC(=S)OCCC(C)C. The highest BCUT2D eigenvalue weighted by molar-refractivity contribution is 8.22. The molecule has 0 atom stereocenters. The maximum Gasteiger partial charge on any atom is 0.219 e. The normalized spacial score (nSPS) is 10.3. The minimum Gasteiger partial charge on any atom is -0.479 e. The molecule has 1 nitrogen and oxygen atoms in total. The van der Waals surface area contributed by atoms with Crippen LogP contribution in [0.4, 0.5) is 0 Å². The van der Waals surface area contributed by atoms with Crippen LogP contribution in [0.25, 0.3) is 0 Å². The highest BCUT2D eigenvalue weighted by Crippen LogP contribution is 2.08. The Morgan fingerprint density at radius 1 is 1.50 bits per heavy atom. The molecule has 0 heterocycles. The van der Waals surface area contributed by atoms with Crippen molar-refractivity contribution in [3.63, 3.8) is 0 Å². The van der Waals surface area contributed by atoms with Gasteiger partial charge in [-0.1, -0.05) is 32.5 Å². The molecule has 0 aromatic rings. The van der Waals surface area contributed by atoms with Crippen molar-refractivity contribution < 1.29 is 4.74 Å². The fourth-order valence-electron chi connectivity index (χ4n) is 0.605. The molecule has 0 bridgehead atoms. The second-order valence-corrected chi connectivity index (χ2v) is 4.83. The Labute approximate surface area is 85.3 Å². The molecular formula is C9H18OS2. The smallest absolute Gasteiger partial charge is 0.219 e. The van der Waals surface area contributed by atoms with Gasteiger partial charge in [0.25, 0.3) is 0 Å². The Kier molecular flexibility index (Phi) is 8.02. The monoisotopic (exact) mass is 206 g/mol. The van der Waals surface area contributed by atoms with Crippen molar-refractivity contribution >= 4 is 28.4 Å². The summed E-state index contributed by atoms with van der Waals surface area (Å²) in [6.07, 6.45) is 2.24. The first-order valence-electron chi connectivity index (χ1n) is 4.46. The molecule has 0 aliphatic rings. The van der Waals surface area contributed by atoms with Gasteiger partial charge in [0.2, 0.25) is 4.38 Å². The van der Waals surface area contributed by atoms with E-state index in [1.807, 2.05) is 0 Å². The van der Waals surface area contributed by atoms with Crippen molar-refractivity contribution in [3.8, 4) is 0 Å². The third-order valence-corrected chi connectivity index (χ3v) is 2.78. The molecule has 0 aromatic heterocycles. The van der Waals surface area contributed by atoms with Gasteiger partial charge >= 0.3 is 0 Å². The molecule has 0 spiro atoms. The van der Waals surface area contributed by atoms with Gasteiger partial charge in [-0.15, -0.1) is 0 Å². The Bertz CT molecular complexity index is 124. The molecule has 0 fully saturated rings. The highest BCUT2D eigenvalue weighted by atomic mass is 32.2. The zero-order valence-corrected chi connectivity index (χ0v) is 9.76. The van der Waals surface area contributed by atoms with Gasteiger partial charge in [-0.2, -0.15) is 0 Å².